The molecule has 32 heavy (non-hydrogen) atoms. The maximum atomic E-state index is 12.4. The minimum absolute atomic E-state index is 0. The molecule has 0 aliphatic rings. The fourth-order valence-electron chi connectivity index (χ4n) is 3.09. The van der Waals surface area contributed by atoms with Gasteiger partial charge in [0, 0.05) is 25.4 Å². The molecule has 0 atom stereocenters. The van der Waals surface area contributed by atoms with Crippen LogP contribution in [-0.4, -0.2) is 33.5 Å². The minimum Gasteiger partial charge on any atom is -0.467 e. The summed E-state index contributed by atoms with van der Waals surface area (Å²) in [6.45, 7) is 1.34. The Labute approximate surface area is 202 Å². The van der Waals surface area contributed by atoms with E-state index in [4.69, 9.17) is 4.42 Å². The monoisotopic (exact) mass is 545 g/mol. The van der Waals surface area contributed by atoms with E-state index in [2.05, 4.69) is 31.1 Å². The molecule has 4 aromatic rings. The Morgan fingerprint density at radius 2 is 1.88 bits per heavy atom. The van der Waals surface area contributed by atoms with Gasteiger partial charge in [0.05, 0.1) is 19.4 Å². The molecule has 0 saturated carbocycles. The summed E-state index contributed by atoms with van der Waals surface area (Å²) in [4.78, 5) is 16.6. The number of furan rings is 1. The summed E-state index contributed by atoms with van der Waals surface area (Å²) < 4.78 is 7.16. The zero-order valence-electron chi connectivity index (χ0n) is 17.5. The third-order valence-electron chi connectivity index (χ3n) is 4.67. The van der Waals surface area contributed by atoms with Gasteiger partial charge in [-0.15, -0.1) is 34.2 Å². The van der Waals surface area contributed by atoms with Crippen molar-refractivity contribution in [2.75, 3.05) is 7.05 Å². The van der Waals surface area contributed by atoms with Gasteiger partial charge >= 0.3 is 0 Å². The molecule has 0 aliphatic carbocycles. The van der Waals surface area contributed by atoms with Crippen LogP contribution in [0.4, 0.5) is 0 Å². The smallest absolute Gasteiger partial charge is 0.251 e. The van der Waals surface area contributed by atoms with Crippen LogP contribution >= 0.6 is 24.0 Å². The SMILES string of the molecule is CN=C(NCc1cccc(C(=O)NCc2ccco2)c1)NCc1nnc2ccccn12.I. The highest BCUT2D eigenvalue weighted by Crippen LogP contribution is 2.07. The number of benzene rings is 1. The fraction of sp³-hybridized carbons (Fsp3) is 0.182. The van der Waals surface area contributed by atoms with Crippen molar-refractivity contribution in [3.8, 4) is 0 Å². The Kier molecular flexibility index (Phi) is 8.20. The molecule has 0 bridgehead atoms. The number of fused-ring (bicyclic) bond motifs is 1. The average molecular weight is 545 g/mol. The molecular weight excluding hydrogens is 521 g/mol. The van der Waals surface area contributed by atoms with E-state index in [0.717, 1.165) is 17.0 Å². The van der Waals surface area contributed by atoms with Crippen LogP contribution in [0.3, 0.4) is 0 Å². The predicted molar refractivity (Wildman–Crippen MR) is 132 cm³/mol. The minimum atomic E-state index is -0.153. The van der Waals surface area contributed by atoms with E-state index in [1.807, 2.05) is 53.1 Å². The van der Waals surface area contributed by atoms with Gasteiger partial charge in [0.25, 0.3) is 5.91 Å². The number of nitrogens with zero attached hydrogens (tertiary/aromatic N) is 4. The first-order chi connectivity index (χ1) is 15.2. The van der Waals surface area contributed by atoms with Crippen LogP contribution < -0.4 is 16.0 Å². The van der Waals surface area contributed by atoms with Crippen LogP contribution in [0, 0.1) is 0 Å². The lowest BCUT2D eigenvalue weighted by molar-refractivity contribution is 0.0948. The topological polar surface area (TPSA) is 109 Å². The zero-order valence-corrected chi connectivity index (χ0v) is 19.8. The summed E-state index contributed by atoms with van der Waals surface area (Å²) in [6, 6.07) is 16.8. The maximum Gasteiger partial charge on any atom is 0.251 e. The van der Waals surface area contributed by atoms with E-state index >= 15 is 0 Å². The highest BCUT2D eigenvalue weighted by Gasteiger charge is 2.08. The molecule has 166 valence electrons. The normalized spacial score (nSPS) is 11.1. The molecule has 0 radical (unpaired) electrons. The number of halogens is 1. The number of carbonyl (C=O) groups is 1. The number of hydrogen-bond acceptors (Lipinski definition) is 5. The van der Waals surface area contributed by atoms with Gasteiger partial charge < -0.3 is 20.4 Å². The van der Waals surface area contributed by atoms with E-state index in [-0.39, 0.29) is 29.9 Å². The Hall–Kier alpha value is -3.41. The van der Waals surface area contributed by atoms with Gasteiger partial charge in [-0.05, 0) is 42.0 Å². The van der Waals surface area contributed by atoms with Crippen LogP contribution in [0.1, 0.15) is 27.5 Å². The van der Waals surface area contributed by atoms with Crippen molar-refractivity contribution in [3.05, 3.63) is 89.8 Å². The number of rotatable bonds is 7. The highest BCUT2D eigenvalue weighted by molar-refractivity contribution is 14.0. The summed E-state index contributed by atoms with van der Waals surface area (Å²) in [7, 11) is 1.70. The summed E-state index contributed by atoms with van der Waals surface area (Å²) in [5, 5.41) is 17.7. The molecular formula is C22H24IN7O2. The Bertz CT molecular complexity index is 1190. The molecule has 1 amide bonds. The molecule has 3 aromatic heterocycles. The lowest BCUT2D eigenvalue weighted by atomic mass is 10.1. The van der Waals surface area contributed by atoms with Gasteiger partial charge in [-0.25, -0.2) is 0 Å². The van der Waals surface area contributed by atoms with E-state index in [0.29, 0.717) is 36.9 Å². The number of pyridine rings is 1. The molecule has 0 unspecified atom stereocenters. The lowest BCUT2D eigenvalue weighted by Gasteiger charge is -2.12. The van der Waals surface area contributed by atoms with Gasteiger partial charge in [0.1, 0.15) is 5.76 Å². The first-order valence-corrected chi connectivity index (χ1v) is 9.85. The van der Waals surface area contributed by atoms with Crippen LogP contribution in [0.5, 0.6) is 0 Å². The predicted octanol–water partition coefficient (Wildman–Crippen LogP) is 2.74. The van der Waals surface area contributed by atoms with Gasteiger partial charge in [-0.2, -0.15) is 0 Å². The maximum absolute atomic E-state index is 12.4. The van der Waals surface area contributed by atoms with Crippen LogP contribution in [0.2, 0.25) is 0 Å². The third kappa shape index (κ3) is 5.84. The number of carbonyl (C=O) groups excluding carboxylic acids is 1. The van der Waals surface area contributed by atoms with E-state index in [1.165, 1.54) is 0 Å². The second kappa shape index (κ2) is 11.3. The molecule has 0 saturated heterocycles. The molecule has 3 heterocycles. The Morgan fingerprint density at radius 1 is 1.00 bits per heavy atom. The largest absolute Gasteiger partial charge is 0.467 e. The van der Waals surface area contributed by atoms with Crippen molar-refractivity contribution >= 4 is 41.5 Å². The average Bonchev–Trinajstić information content (AvgIpc) is 3.48. The van der Waals surface area contributed by atoms with Gasteiger partial charge in [0.15, 0.2) is 17.4 Å². The fourth-order valence-corrected chi connectivity index (χ4v) is 3.09. The molecule has 10 heteroatoms. The van der Waals surface area contributed by atoms with Crippen LogP contribution in [-0.2, 0) is 19.6 Å². The molecule has 0 aliphatic heterocycles. The first kappa shape index (κ1) is 23.3. The van der Waals surface area contributed by atoms with Gasteiger partial charge in [-0.3, -0.25) is 14.2 Å². The van der Waals surface area contributed by atoms with Crippen LogP contribution in [0.25, 0.3) is 5.65 Å². The quantitative estimate of drug-likeness (QED) is 0.187. The standard InChI is InChI=1S/C22H23N7O2.HI/c1-23-22(26-15-20-28-27-19-9-2-3-10-29(19)20)25-13-16-6-4-7-17(12-16)21(30)24-14-18-8-5-11-31-18;/h2-12H,13-15H2,1H3,(H,24,30)(H2,23,25,26);1H. The molecule has 1 aromatic carbocycles. The number of hydrogen-bond donors (Lipinski definition) is 3. The number of aliphatic imine (C=N–C) groups is 1. The summed E-state index contributed by atoms with van der Waals surface area (Å²) in [5.74, 6) is 1.97. The van der Waals surface area contributed by atoms with E-state index in [1.54, 1.807) is 25.4 Å². The third-order valence-corrected chi connectivity index (χ3v) is 4.67. The number of nitrogens with one attached hydrogen (secondary N) is 3. The zero-order chi connectivity index (χ0) is 21.5. The van der Waals surface area contributed by atoms with Crippen molar-refractivity contribution in [1.29, 1.82) is 0 Å². The molecule has 4 rings (SSSR count). The second-order valence-electron chi connectivity index (χ2n) is 6.79. The Balaban J connectivity index is 0.00000289. The van der Waals surface area contributed by atoms with Gasteiger partial charge in [0.2, 0.25) is 0 Å². The molecule has 3 N–H and O–H groups in total. The number of amides is 1. The molecule has 0 spiro atoms. The Morgan fingerprint density at radius 3 is 2.69 bits per heavy atom. The molecule has 0 fully saturated rings. The highest BCUT2D eigenvalue weighted by atomic mass is 127. The van der Waals surface area contributed by atoms with Crippen molar-refractivity contribution < 1.29 is 9.21 Å². The van der Waals surface area contributed by atoms with E-state index < -0.39 is 0 Å². The summed E-state index contributed by atoms with van der Waals surface area (Å²) in [6.07, 6.45) is 3.51. The summed E-state index contributed by atoms with van der Waals surface area (Å²) >= 11 is 0. The van der Waals surface area contributed by atoms with E-state index in [9.17, 15) is 4.79 Å². The van der Waals surface area contributed by atoms with Gasteiger partial charge in [-0.1, -0.05) is 18.2 Å². The van der Waals surface area contributed by atoms with Crippen LogP contribution in [0.15, 0.2) is 76.5 Å². The second-order valence-corrected chi connectivity index (χ2v) is 6.79. The van der Waals surface area contributed by atoms with Crippen molar-refractivity contribution in [3.63, 3.8) is 0 Å². The first-order valence-electron chi connectivity index (χ1n) is 9.85. The molecule has 9 nitrogen and oxygen atoms in total. The summed E-state index contributed by atoms with van der Waals surface area (Å²) in [5.41, 5.74) is 2.34. The number of guanidine groups is 1. The number of aromatic nitrogens is 3. The van der Waals surface area contributed by atoms with Crippen molar-refractivity contribution in [1.82, 2.24) is 30.5 Å². The lowest BCUT2D eigenvalue weighted by Crippen LogP contribution is -2.36. The van der Waals surface area contributed by atoms with Crippen molar-refractivity contribution in [2.24, 2.45) is 4.99 Å². The van der Waals surface area contributed by atoms with Crippen molar-refractivity contribution in [2.45, 2.75) is 19.6 Å².